The van der Waals surface area contributed by atoms with Gasteiger partial charge in [0.1, 0.15) is 0 Å². The first-order valence-corrected chi connectivity index (χ1v) is 4.96. The third-order valence-corrected chi connectivity index (χ3v) is 2.96. The highest BCUT2D eigenvalue weighted by atomic mass is 79.9. The molecule has 13 heavy (non-hydrogen) atoms. The molecule has 0 aliphatic heterocycles. The van der Waals surface area contributed by atoms with Gasteiger partial charge in [0.25, 0.3) is 0 Å². The zero-order valence-corrected chi connectivity index (χ0v) is 9.14. The molecule has 0 aliphatic carbocycles. The molecular formula is C11H12BrF. The van der Waals surface area contributed by atoms with Crippen molar-refractivity contribution in [3.05, 3.63) is 40.4 Å². The van der Waals surface area contributed by atoms with Crippen molar-refractivity contribution in [1.29, 1.82) is 0 Å². The summed E-state index contributed by atoms with van der Waals surface area (Å²) in [5, 5.41) is 0. The van der Waals surface area contributed by atoms with Crippen molar-refractivity contribution in [2.24, 2.45) is 0 Å². The minimum absolute atomic E-state index is 0.0609. The van der Waals surface area contributed by atoms with Gasteiger partial charge in [-0.1, -0.05) is 37.8 Å². The third-order valence-electron chi connectivity index (χ3n) is 2.04. The molecule has 2 heteroatoms. The molecule has 1 unspecified atom stereocenters. The van der Waals surface area contributed by atoms with Crippen LogP contribution in [0, 0.1) is 0 Å². The van der Waals surface area contributed by atoms with Gasteiger partial charge in [-0.25, -0.2) is 0 Å². The molecule has 0 saturated heterocycles. The molecular weight excluding hydrogens is 231 g/mol. The van der Waals surface area contributed by atoms with Gasteiger partial charge in [-0.05, 0) is 27.1 Å². The molecule has 0 heterocycles. The third kappa shape index (κ3) is 2.19. The Balaban J connectivity index is 3.15. The highest BCUT2D eigenvalue weighted by Crippen LogP contribution is 2.28. The molecule has 0 bridgehead atoms. The summed E-state index contributed by atoms with van der Waals surface area (Å²) >= 11 is 3.44. The number of hydrogen-bond acceptors (Lipinski definition) is 0. The van der Waals surface area contributed by atoms with E-state index in [1.165, 1.54) is 0 Å². The van der Waals surface area contributed by atoms with E-state index in [2.05, 4.69) is 22.5 Å². The highest BCUT2D eigenvalue weighted by molar-refractivity contribution is 9.10. The Labute approximate surface area is 86.6 Å². The van der Waals surface area contributed by atoms with E-state index in [-0.39, 0.29) is 12.6 Å². The predicted molar refractivity (Wildman–Crippen MR) is 58.6 cm³/mol. The Morgan fingerprint density at radius 3 is 2.85 bits per heavy atom. The van der Waals surface area contributed by atoms with Crippen LogP contribution >= 0.6 is 15.9 Å². The second-order valence-corrected chi connectivity index (χ2v) is 3.80. The highest BCUT2D eigenvalue weighted by Gasteiger charge is 2.10. The van der Waals surface area contributed by atoms with Crippen molar-refractivity contribution in [3.8, 4) is 0 Å². The minimum Gasteiger partial charge on any atom is -0.250 e. The molecule has 0 aromatic heterocycles. The van der Waals surface area contributed by atoms with Gasteiger partial charge in [-0.15, -0.1) is 0 Å². The average molecular weight is 243 g/mol. The molecule has 1 aromatic carbocycles. The molecule has 1 atom stereocenters. The Hall–Kier alpha value is -0.630. The van der Waals surface area contributed by atoms with E-state index in [1.54, 1.807) is 6.08 Å². The van der Waals surface area contributed by atoms with Gasteiger partial charge in [0.2, 0.25) is 0 Å². The molecule has 0 radical (unpaired) electrons. The SMILES string of the molecule is C=Cc1cccc(C(C)CF)c1Br. The second-order valence-electron chi connectivity index (χ2n) is 3.01. The molecule has 0 fully saturated rings. The van der Waals surface area contributed by atoms with Gasteiger partial charge >= 0.3 is 0 Å². The molecule has 0 saturated carbocycles. The summed E-state index contributed by atoms with van der Waals surface area (Å²) in [6.07, 6.45) is 1.76. The van der Waals surface area contributed by atoms with Crippen LogP contribution in [0.25, 0.3) is 6.08 Å². The van der Waals surface area contributed by atoms with Gasteiger partial charge in [0, 0.05) is 10.4 Å². The first kappa shape index (κ1) is 10.5. The summed E-state index contributed by atoms with van der Waals surface area (Å²) in [7, 11) is 0. The Morgan fingerprint density at radius 1 is 1.62 bits per heavy atom. The van der Waals surface area contributed by atoms with Crippen molar-refractivity contribution < 1.29 is 4.39 Å². The maximum Gasteiger partial charge on any atom is 0.0960 e. The number of alkyl halides is 1. The van der Waals surface area contributed by atoms with Crippen LogP contribution in [0.15, 0.2) is 29.3 Å². The summed E-state index contributed by atoms with van der Waals surface area (Å²) in [6, 6.07) is 5.80. The summed E-state index contributed by atoms with van der Waals surface area (Å²) in [5.74, 6) is -0.0609. The van der Waals surface area contributed by atoms with E-state index < -0.39 is 0 Å². The van der Waals surface area contributed by atoms with E-state index in [1.807, 2.05) is 25.1 Å². The van der Waals surface area contributed by atoms with Crippen LogP contribution in [0.2, 0.25) is 0 Å². The fourth-order valence-corrected chi connectivity index (χ4v) is 2.01. The van der Waals surface area contributed by atoms with Crippen LogP contribution in [0.1, 0.15) is 24.0 Å². The Morgan fingerprint density at radius 2 is 2.31 bits per heavy atom. The van der Waals surface area contributed by atoms with E-state index in [9.17, 15) is 4.39 Å². The van der Waals surface area contributed by atoms with Crippen molar-refractivity contribution in [2.75, 3.05) is 6.67 Å². The van der Waals surface area contributed by atoms with Crippen LogP contribution in [0.5, 0.6) is 0 Å². The van der Waals surface area contributed by atoms with E-state index in [0.717, 1.165) is 15.6 Å². The standard InChI is InChI=1S/C11H12BrF/c1-3-9-5-4-6-10(11(9)12)8(2)7-13/h3-6,8H,1,7H2,2H3. The minimum atomic E-state index is -0.334. The van der Waals surface area contributed by atoms with Crippen LogP contribution in [-0.4, -0.2) is 6.67 Å². The lowest BCUT2D eigenvalue weighted by molar-refractivity contribution is 0.446. The number of halogens is 2. The maximum atomic E-state index is 12.4. The lowest BCUT2D eigenvalue weighted by atomic mass is 10.0. The number of benzene rings is 1. The zero-order chi connectivity index (χ0) is 9.84. The molecule has 0 N–H and O–H groups in total. The lowest BCUT2D eigenvalue weighted by Crippen LogP contribution is -1.97. The van der Waals surface area contributed by atoms with Crippen molar-refractivity contribution >= 4 is 22.0 Å². The summed E-state index contributed by atoms with van der Waals surface area (Å²) in [4.78, 5) is 0. The second kappa shape index (κ2) is 4.56. The number of rotatable bonds is 3. The molecule has 70 valence electrons. The first-order valence-electron chi connectivity index (χ1n) is 4.17. The molecule has 0 aliphatic rings. The van der Waals surface area contributed by atoms with Gasteiger partial charge in [0.05, 0.1) is 6.67 Å². The molecule has 0 nitrogen and oxygen atoms in total. The fourth-order valence-electron chi connectivity index (χ4n) is 1.19. The fraction of sp³-hybridized carbons (Fsp3) is 0.273. The van der Waals surface area contributed by atoms with E-state index >= 15 is 0 Å². The van der Waals surface area contributed by atoms with Gasteiger partial charge in [-0.2, -0.15) is 0 Å². The molecule has 1 rings (SSSR count). The van der Waals surface area contributed by atoms with Crippen molar-refractivity contribution in [3.63, 3.8) is 0 Å². The topological polar surface area (TPSA) is 0 Å². The summed E-state index contributed by atoms with van der Waals surface area (Å²) in [5.41, 5.74) is 2.01. The largest absolute Gasteiger partial charge is 0.250 e. The molecule has 0 amide bonds. The monoisotopic (exact) mass is 242 g/mol. The van der Waals surface area contributed by atoms with Gasteiger partial charge in [-0.3, -0.25) is 4.39 Å². The molecule has 0 spiro atoms. The van der Waals surface area contributed by atoms with Crippen LogP contribution in [0.4, 0.5) is 4.39 Å². The quantitative estimate of drug-likeness (QED) is 0.747. The van der Waals surface area contributed by atoms with Gasteiger partial charge in [0.15, 0.2) is 0 Å². The van der Waals surface area contributed by atoms with Crippen LogP contribution in [-0.2, 0) is 0 Å². The summed E-state index contributed by atoms with van der Waals surface area (Å²) in [6.45, 7) is 5.23. The Kier molecular flexibility index (Phi) is 3.67. The van der Waals surface area contributed by atoms with Gasteiger partial charge < -0.3 is 0 Å². The van der Waals surface area contributed by atoms with Crippen LogP contribution < -0.4 is 0 Å². The predicted octanol–water partition coefficient (Wildman–Crippen LogP) is 4.17. The van der Waals surface area contributed by atoms with Crippen molar-refractivity contribution in [2.45, 2.75) is 12.8 Å². The zero-order valence-electron chi connectivity index (χ0n) is 7.56. The lowest BCUT2D eigenvalue weighted by Gasteiger charge is -2.11. The maximum absolute atomic E-state index is 12.4. The molecule has 1 aromatic rings. The van der Waals surface area contributed by atoms with Crippen LogP contribution in [0.3, 0.4) is 0 Å². The number of hydrogen-bond donors (Lipinski definition) is 0. The average Bonchev–Trinajstić information content (AvgIpc) is 2.17. The Bertz CT molecular complexity index is 307. The summed E-state index contributed by atoms with van der Waals surface area (Å²) < 4.78 is 13.4. The first-order chi connectivity index (χ1) is 6.20. The van der Waals surface area contributed by atoms with E-state index in [0.29, 0.717) is 0 Å². The smallest absolute Gasteiger partial charge is 0.0960 e. The van der Waals surface area contributed by atoms with E-state index in [4.69, 9.17) is 0 Å². The normalized spacial score (nSPS) is 12.5. The van der Waals surface area contributed by atoms with Crippen molar-refractivity contribution in [1.82, 2.24) is 0 Å².